The third kappa shape index (κ3) is 6.03. The summed E-state index contributed by atoms with van der Waals surface area (Å²) in [6.45, 7) is 5.77. The average molecular weight is 447 g/mol. The molecule has 2 aromatic rings. The molecule has 5 heteroatoms. The number of anilines is 1. The molecule has 3 nitrogen and oxygen atoms in total. The van der Waals surface area contributed by atoms with Crippen LogP contribution >= 0.6 is 27.9 Å². The molecule has 2 aromatic carbocycles. The number of benzene rings is 2. The van der Waals surface area contributed by atoms with Crippen LogP contribution in [-0.4, -0.2) is 37.4 Å². The number of nitrogens with zero attached hydrogens (tertiary/aromatic N) is 1. The summed E-state index contributed by atoms with van der Waals surface area (Å²) in [6.07, 6.45) is 6.94. The van der Waals surface area contributed by atoms with E-state index in [1.165, 1.54) is 38.0 Å². The minimum atomic E-state index is 0.919. The lowest BCUT2D eigenvalue weighted by Gasteiger charge is -2.14. The zero-order valence-corrected chi connectivity index (χ0v) is 18.4. The minimum absolute atomic E-state index is 0.919. The molecule has 0 bridgehead atoms. The van der Waals surface area contributed by atoms with E-state index in [0.717, 1.165) is 32.8 Å². The average Bonchev–Trinajstić information content (AvgIpc) is 3.17. The summed E-state index contributed by atoms with van der Waals surface area (Å²) in [7, 11) is 1.72. The lowest BCUT2D eigenvalue weighted by Crippen LogP contribution is -2.22. The van der Waals surface area contributed by atoms with Crippen LogP contribution in [0.1, 0.15) is 29.5 Å². The molecule has 1 aliphatic rings. The van der Waals surface area contributed by atoms with E-state index in [1.807, 2.05) is 0 Å². The molecule has 0 amide bonds. The van der Waals surface area contributed by atoms with Gasteiger partial charge in [0, 0.05) is 28.0 Å². The molecule has 0 unspecified atom stereocenters. The topological polar surface area (TPSA) is 24.5 Å². The molecule has 0 aliphatic carbocycles. The van der Waals surface area contributed by atoms with Crippen molar-refractivity contribution < 1.29 is 4.74 Å². The number of aryl methyl sites for hydroxylation is 1. The Morgan fingerprint density at radius 1 is 1.15 bits per heavy atom. The molecule has 144 valence electrons. The molecule has 0 spiro atoms. The first kappa shape index (κ1) is 20.3. The van der Waals surface area contributed by atoms with Gasteiger partial charge in [-0.2, -0.15) is 0 Å². The van der Waals surface area contributed by atoms with E-state index in [-0.39, 0.29) is 0 Å². The lowest BCUT2D eigenvalue weighted by molar-refractivity contribution is 0.362. The fourth-order valence-electron chi connectivity index (χ4n) is 3.32. The molecule has 27 heavy (non-hydrogen) atoms. The Morgan fingerprint density at radius 2 is 1.89 bits per heavy atom. The number of hydrogen-bond acceptors (Lipinski definition) is 4. The van der Waals surface area contributed by atoms with Crippen molar-refractivity contribution in [3.05, 3.63) is 57.6 Å². The Labute approximate surface area is 175 Å². The number of halogens is 1. The largest absolute Gasteiger partial charge is 0.496 e. The molecule has 0 radical (unpaired) electrons. The zero-order chi connectivity index (χ0) is 19.1. The van der Waals surface area contributed by atoms with Crippen LogP contribution in [0.3, 0.4) is 0 Å². The van der Waals surface area contributed by atoms with Gasteiger partial charge in [-0.05, 0) is 68.2 Å². The van der Waals surface area contributed by atoms with Gasteiger partial charge in [0.1, 0.15) is 5.75 Å². The van der Waals surface area contributed by atoms with Crippen LogP contribution in [0, 0.1) is 6.92 Å². The molecule has 1 heterocycles. The van der Waals surface area contributed by atoms with Gasteiger partial charge >= 0.3 is 0 Å². The maximum Gasteiger partial charge on any atom is 0.129 e. The normalized spacial score (nSPS) is 14.8. The third-order valence-electron chi connectivity index (χ3n) is 4.74. The van der Waals surface area contributed by atoms with Crippen molar-refractivity contribution in [1.29, 1.82) is 0 Å². The predicted octanol–water partition coefficient (Wildman–Crippen LogP) is 6.09. The number of methoxy groups -OCH3 is 1. The van der Waals surface area contributed by atoms with Gasteiger partial charge < -0.3 is 14.4 Å². The molecule has 0 saturated carbocycles. The molecule has 0 aromatic heterocycles. The van der Waals surface area contributed by atoms with Gasteiger partial charge in [0.25, 0.3) is 0 Å². The second-order valence-corrected chi connectivity index (χ2v) is 8.62. The number of rotatable bonds is 8. The van der Waals surface area contributed by atoms with E-state index in [0.29, 0.717) is 0 Å². The van der Waals surface area contributed by atoms with E-state index in [2.05, 4.69) is 81.0 Å². The molecule has 1 fully saturated rings. The first-order valence-corrected chi connectivity index (χ1v) is 11.2. The van der Waals surface area contributed by atoms with Crippen LogP contribution in [0.15, 0.2) is 40.9 Å². The van der Waals surface area contributed by atoms with Crippen molar-refractivity contribution in [2.75, 3.05) is 37.2 Å². The summed E-state index contributed by atoms with van der Waals surface area (Å²) in [5.74, 6) is 2.03. The van der Waals surface area contributed by atoms with Gasteiger partial charge in [-0.3, -0.25) is 0 Å². The summed E-state index contributed by atoms with van der Waals surface area (Å²) < 4.78 is 10.0. The first-order valence-electron chi connectivity index (χ1n) is 9.38. The highest BCUT2D eigenvalue weighted by Crippen LogP contribution is 2.29. The van der Waals surface area contributed by atoms with Crippen molar-refractivity contribution >= 4 is 45.7 Å². The monoisotopic (exact) mass is 446 g/mol. The Morgan fingerprint density at radius 3 is 2.59 bits per heavy atom. The van der Waals surface area contributed by atoms with Gasteiger partial charge in [-0.1, -0.05) is 52.2 Å². The number of likely N-dealkylation sites (tertiary alicyclic amines) is 1. The Kier molecular flexibility index (Phi) is 7.68. The minimum Gasteiger partial charge on any atom is -0.496 e. The van der Waals surface area contributed by atoms with Gasteiger partial charge in [-0.25, -0.2) is 0 Å². The molecule has 1 aliphatic heterocycles. The van der Waals surface area contributed by atoms with Crippen LogP contribution in [0.5, 0.6) is 5.75 Å². The summed E-state index contributed by atoms with van der Waals surface area (Å²) >= 11 is 5.35. The number of nitrogens with one attached hydrogen (secondary N) is 1. The van der Waals surface area contributed by atoms with Gasteiger partial charge in [0.2, 0.25) is 0 Å². The highest BCUT2D eigenvalue weighted by Gasteiger charge is 2.10. The van der Waals surface area contributed by atoms with Crippen molar-refractivity contribution in [2.24, 2.45) is 0 Å². The standard InChI is InChI=1S/C22H27BrN2OS/c1-17-15-20(23)16-19(22(17)26-2)8-5-18-6-9-21(10-7-18)24-27-14-13-25-11-3-4-12-25/h5-10,15-16,24H,3-4,11-14H2,1-2H3. The fourth-order valence-corrected chi connectivity index (χ4v) is 4.67. The van der Waals surface area contributed by atoms with Crippen LogP contribution in [0.4, 0.5) is 5.69 Å². The fraction of sp³-hybridized carbons (Fsp3) is 0.364. The molecule has 3 rings (SSSR count). The SMILES string of the molecule is COc1c(C)cc(Br)cc1C=Cc1ccc(NSCCN2CCCC2)cc1. The van der Waals surface area contributed by atoms with Crippen molar-refractivity contribution in [3.8, 4) is 5.75 Å². The van der Waals surface area contributed by atoms with Crippen molar-refractivity contribution in [1.82, 2.24) is 4.90 Å². The van der Waals surface area contributed by atoms with Gasteiger partial charge in [-0.15, -0.1) is 0 Å². The van der Waals surface area contributed by atoms with E-state index in [4.69, 9.17) is 4.74 Å². The molecule has 1 N–H and O–H groups in total. The van der Waals surface area contributed by atoms with E-state index in [1.54, 1.807) is 19.1 Å². The van der Waals surface area contributed by atoms with Crippen molar-refractivity contribution in [3.63, 3.8) is 0 Å². The van der Waals surface area contributed by atoms with Crippen molar-refractivity contribution in [2.45, 2.75) is 19.8 Å². The summed E-state index contributed by atoms with van der Waals surface area (Å²) in [5.41, 5.74) is 4.51. The second kappa shape index (κ2) is 10.2. The number of ether oxygens (including phenoxy) is 1. The lowest BCUT2D eigenvalue weighted by atomic mass is 10.1. The molecule has 0 atom stereocenters. The third-order valence-corrected chi connectivity index (χ3v) is 5.96. The highest BCUT2D eigenvalue weighted by molar-refractivity contribution is 9.10. The second-order valence-electron chi connectivity index (χ2n) is 6.80. The maximum atomic E-state index is 5.54. The molecular formula is C22H27BrN2OS. The predicted molar refractivity (Wildman–Crippen MR) is 123 cm³/mol. The quantitative estimate of drug-likeness (QED) is 0.301. The summed E-state index contributed by atoms with van der Waals surface area (Å²) in [4.78, 5) is 2.54. The molecule has 1 saturated heterocycles. The van der Waals surface area contributed by atoms with Crippen LogP contribution in [0.25, 0.3) is 12.2 Å². The smallest absolute Gasteiger partial charge is 0.129 e. The Bertz CT molecular complexity index is 771. The van der Waals surface area contributed by atoms with Crippen LogP contribution in [-0.2, 0) is 0 Å². The highest BCUT2D eigenvalue weighted by atomic mass is 79.9. The van der Waals surface area contributed by atoms with E-state index < -0.39 is 0 Å². The summed E-state index contributed by atoms with van der Waals surface area (Å²) in [6, 6.07) is 12.7. The first-order chi connectivity index (χ1) is 13.2. The molecular weight excluding hydrogens is 420 g/mol. The number of hydrogen-bond donors (Lipinski definition) is 1. The van der Waals surface area contributed by atoms with E-state index in [9.17, 15) is 0 Å². The van der Waals surface area contributed by atoms with E-state index >= 15 is 0 Å². The Balaban J connectivity index is 1.53. The zero-order valence-electron chi connectivity index (χ0n) is 16.0. The van der Waals surface area contributed by atoms with Crippen LogP contribution < -0.4 is 9.46 Å². The van der Waals surface area contributed by atoms with Crippen LogP contribution in [0.2, 0.25) is 0 Å². The summed E-state index contributed by atoms with van der Waals surface area (Å²) in [5, 5.41) is 0. The maximum absolute atomic E-state index is 5.54. The Hall–Kier alpha value is -1.43. The van der Waals surface area contributed by atoms with Gasteiger partial charge in [0.15, 0.2) is 0 Å². The van der Waals surface area contributed by atoms with Gasteiger partial charge in [0.05, 0.1) is 7.11 Å².